The van der Waals surface area contributed by atoms with Gasteiger partial charge in [-0.25, -0.2) is 0 Å². The number of aromatic nitrogens is 2. The standard InChI is InChI=1S/C15H19BrClN3/c1-4-18-14(11-6-10(3)7-12(17)8-11)15-13(16)9-19-20(15)5-2/h6-9,14,18H,4-5H2,1-3H3. The van der Waals surface area contributed by atoms with Crippen molar-refractivity contribution in [1.29, 1.82) is 0 Å². The maximum Gasteiger partial charge on any atom is 0.0760 e. The molecule has 1 unspecified atom stereocenters. The van der Waals surface area contributed by atoms with Gasteiger partial charge in [0.15, 0.2) is 0 Å². The van der Waals surface area contributed by atoms with E-state index in [1.54, 1.807) is 0 Å². The van der Waals surface area contributed by atoms with Gasteiger partial charge < -0.3 is 5.32 Å². The maximum absolute atomic E-state index is 6.21. The van der Waals surface area contributed by atoms with Crippen LogP contribution in [0.2, 0.25) is 5.02 Å². The van der Waals surface area contributed by atoms with Crippen LogP contribution < -0.4 is 5.32 Å². The van der Waals surface area contributed by atoms with Gasteiger partial charge in [0.05, 0.1) is 22.4 Å². The molecule has 1 atom stereocenters. The summed E-state index contributed by atoms with van der Waals surface area (Å²) in [6.45, 7) is 7.96. The van der Waals surface area contributed by atoms with Crippen LogP contribution in [0.1, 0.15) is 36.7 Å². The third-order valence-electron chi connectivity index (χ3n) is 3.21. The average Bonchev–Trinajstić information content (AvgIpc) is 2.76. The van der Waals surface area contributed by atoms with Gasteiger partial charge in [-0.3, -0.25) is 4.68 Å². The summed E-state index contributed by atoms with van der Waals surface area (Å²) in [6.07, 6.45) is 1.85. The van der Waals surface area contributed by atoms with Crippen molar-refractivity contribution in [3.05, 3.63) is 50.7 Å². The highest BCUT2D eigenvalue weighted by atomic mass is 79.9. The lowest BCUT2D eigenvalue weighted by Gasteiger charge is -2.21. The molecule has 0 aliphatic heterocycles. The normalized spacial score (nSPS) is 12.7. The van der Waals surface area contributed by atoms with Gasteiger partial charge in [-0.05, 0) is 59.6 Å². The zero-order valence-corrected chi connectivity index (χ0v) is 14.3. The minimum atomic E-state index is 0.0780. The first-order valence-electron chi connectivity index (χ1n) is 6.78. The highest BCUT2D eigenvalue weighted by Crippen LogP contribution is 2.30. The van der Waals surface area contributed by atoms with Crippen LogP contribution in [0.3, 0.4) is 0 Å². The predicted octanol–water partition coefficient (Wildman–Crippen LogP) is 4.33. The van der Waals surface area contributed by atoms with Gasteiger partial charge in [0.1, 0.15) is 0 Å². The second-order valence-electron chi connectivity index (χ2n) is 4.75. The minimum absolute atomic E-state index is 0.0780. The van der Waals surface area contributed by atoms with Gasteiger partial charge in [0.2, 0.25) is 0 Å². The van der Waals surface area contributed by atoms with Crippen molar-refractivity contribution in [3.63, 3.8) is 0 Å². The summed E-state index contributed by atoms with van der Waals surface area (Å²) in [6, 6.07) is 6.23. The third kappa shape index (κ3) is 3.25. The number of nitrogens with one attached hydrogen (secondary N) is 1. The van der Waals surface area contributed by atoms with Crippen molar-refractivity contribution in [3.8, 4) is 0 Å². The van der Waals surface area contributed by atoms with Crippen molar-refractivity contribution in [1.82, 2.24) is 15.1 Å². The van der Waals surface area contributed by atoms with E-state index in [0.29, 0.717) is 0 Å². The van der Waals surface area contributed by atoms with Crippen LogP contribution in [0.4, 0.5) is 0 Å². The summed E-state index contributed by atoms with van der Waals surface area (Å²) >= 11 is 9.81. The van der Waals surface area contributed by atoms with Crippen LogP contribution in [0.15, 0.2) is 28.9 Å². The van der Waals surface area contributed by atoms with Crippen molar-refractivity contribution in [2.75, 3.05) is 6.54 Å². The number of hydrogen-bond donors (Lipinski definition) is 1. The minimum Gasteiger partial charge on any atom is -0.305 e. The first-order chi connectivity index (χ1) is 9.56. The molecule has 0 bridgehead atoms. The average molecular weight is 357 g/mol. The molecule has 2 aromatic rings. The fourth-order valence-corrected chi connectivity index (χ4v) is 3.24. The molecule has 1 N–H and O–H groups in total. The van der Waals surface area contributed by atoms with E-state index in [1.165, 1.54) is 0 Å². The molecule has 0 aliphatic rings. The topological polar surface area (TPSA) is 29.9 Å². The molecule has 2 rings (SSSR count). The van der Waals surface area contributed by atoms with Crippen LogP contribution in [-0.2, 0) is 6.54 Å². The van der Waals surface area contributed by atoms with Gasteiger partial charge in [-0.1, -0.05) is 24.6 Å². The number of rotatable bonds is 5. The molecule has 0 fully saturated rings. The van der Waals surface area contributed by atoms with Crippen LogP contribution in [-0.4, -0.2) is 16.3 Å². The smallest absolute Gasteiger partial charge is 0.0760 e. The third-order valence-corrected chi connectivity index (χ3v) is 4.04. The SMILES string of the molecule is CCNC(c1cc(C)cc(Cl)c1)c1c(Br)cnn1CC. The summed E-state index contributed by atoms with van der Waals surface area (Å²) in [7, 11) is 0. The Balaban J connectivity index is 2.52. The molecular formula is C15H19BrClN3. The molecule has 20 heavy (non-hydrogen) atoms. The molecule has 0 spiro atoms. The summed E-state index contributed by atoms with van der Waals surface area (Å²) < 4.78 is 3.02. The lowest BCUT2D eigenvalue weighted by molar-refractivity contribution is 0.540. The number of benzene rings is 1. The molecule has 5 heteroatoms. The van der Waals surface area contributed by atoms with Gasteiger partial charge in [-0.15, -0.1) is 0 Å². The Bertz CT molecular complexity index is 575. The quantitative estimate of drug-likeness (QED) is 0.864. The molecule has 1 aromatic carbocycles. The summed E-state index contributed by atoms with van der Waals surface area (Å²) in [5.41, 5.74) is 3.46. The molecule has 1 aromatic heterocycles. The van der Waals surface area contributed by atoms with E-state index in [-0.39, 0.29) is 6.04 Å². The van der Waals surface area contributed by atoms with Crippen LogP contribution >= 0.6 is 27.5 Å². The largest absolute Gasteiger partial charge is 0.305 e. The van der Waals surface area contributed by atoms with Crippen LogP contribution in [0, 0.1) is 6.92 Å². The van der Waals surface area contributed by atoms with Crippen LogP contribution in [0.5, 0.6) is 0 Å². The Labute approximate surface area is 133 Å². The first kappa shape index (κ1) is 15.5. The molecular weight excluding hydrogens is 338 g/mol. The highest BCUT2D eigenvalue weighted by molar-refractivity contribution is 9.10. The van der Waals surface area contributed by atoms with Crippen LogP contribution in [0.25, 0.3) is 0 Å². The van der Waals surface area contributed by atoms with E-state index in [2.05, 4.69) is 53.2 Å². The molecule has 108 valence electrons. The first-order valence-corrected chi connectivity index (χ1v) is 7.95. The fourth-order valence-electron chi connectivity index (χ4n) is 2.42. The Hall–Kier alpha value is -0.840. The van der Waals surface area contributed by atoms with E-state index in [0.717, 1.165) is 39.4 Å². The molecule has 0 radical (unpaired) electrons. The lowest BCUT2D eigenvalue weighted by atomic mass is 10.0. The van der Waals surface area contributed by atoms with E-state index < -0.39 is 0 Å². The maximum atomic E-state index is 6.21. The summed E-state index contributed by atoms with van der Waals surface area (Å²) in [5, 5.41) is 8.69. The van der Waals surface area contributed by atoms with Gasteiger partial charge >= 0.3 is 0 Å². The summed E-state index contributed by atoms with van der Waals surface area (Å²) in [5.74, 6) is 0. The van der Waals surface area contributed by atoms with Crippen molar-refractivity contribution in [2.24, 2.45) is 0 Å². The summed E-state index contributed by atoms with van der Waals surface area (Å²) in [4.78, 5) is 0. The van der Waals surface area contributed by atoms with E-state index >= 15 is 0 Å². The van der Waals surface area contributed by atoms with E-state index in [4.69, 9.17) is 11.6 Å². The monoisotopic (exact) mass is 355 g/mol. The van der Waals surface area contributed by atoms with Crippen molar-refractivity contribution in [2.45, 2.75) is 33.4 Å². The highest BCUT2D eigenvalue weighted by Gasteiger charge is 2.21. The Morgan fingerprint density at radius 1 is 1.35 bits per heavy atom. The van der Waals surface area contributed by atoms with Crippen molar-refractivity contribution >= 4 is 27.5 Å². The lowest BCUT2D eigenvalue weighted by Crippen LogP contribution is -2.25. The van der Waals surface area contributed by atoms with Gasteiger partial charge in [-0.2, -0.15) is 5.10 Å². The number of hydrogen-bond acceptors (Lipinski definition) is 2. The van der Waals surface area contributed by atoms with Gasteiger partial charge in [0.25, 0.3) is 0 Å². The molecule has 1 heterocycles. The second kappa shape index (κ2) is 6.74. The number of nitrogens with zero attached hydrogens (tertiary/aromatic N) is 2. The number of halogens is 2. The fraction of sp³-hybridized carbons (Fsp3) is 0.400. The Morgan fingerprint density at radius 3 is 2.70 bits per heavy atom. The number of aryl methyl sites for hydroxylation is 2. The zero-order chi connectivity index (χ0) is 14.7. The zero-order valence-electron chi connectivity index (χ0n) is 12.0. The molecule has 0 saturated heterocycles. The molecule has 0 amide bonds. The van der Waals surface area contributed by atoms with Crippen molar-refractivity contribution < 1.29 is 0 Å². The Morgan fingerprint density at radius 2 is 2.10 bits per heavy atom. The van der Waals surface area contributed by atoms with Gasteiger partial charge in [0, 0.05) is 11.6 Å². The molecule has 0 saturated carbocycles. The van der Waals surface area contributed by atoms with E-state index in [1.807, 2.05) is 23.0 Å². The molecule has 3 nitrogen and oxygen atoms in total. The second-order valence-corrected chi connectivity index (χ2v) is 6.04. The van der Waals surface area contributed by atoms with E-state index in [9.17, 15) is 0 Å². The Kier molecular flexibility index (Phi) is 5.24. The molecule has 0 aliphatic carbocycles. The predicted molar refractivity (Wildman–Crippen MR) is 87.3 cm³/mol.